The Bertz CT molecular complexity index is 331. The molecule has 2 fully saturated rings. The van der Waals surface area contributed by atoms with Gasteiger partial charge in [-0.1, -0.05) is 6.42 Å². The summed E-state index contributed by atoms with van der Waals surface area (Å²) in [4.78, 5) is 0. The average Bonchev–Trinajstić information content (AvgIpc) is 2.93. The molecule has 0 spiro atoms. The lowest BCUT2D eigenvalue weighted by atomic mass is 9.86. The lowest BCUT2D eigenvalue weighted by Gasteiger charge is -2.19. The Hall–Kier alpha value is -0.830. The van der Waals surface area contributed by atoms with Crippen LogP contribution >= 0.6 is 0 Å². The van der Waals surface area contributed by atoms with Gasteiger partial charge in [-0.3, -0.25) is 5.10 Å². The molecule has 2 aliphatic carbocycles. The highest BCUT2D eigenvalue weighted by molar-refractivity contribution is 5.17. The van der Waals surface area contributed by atoms with Crippen LogP contribution in [-0.2, 0) is 6.54 Å². The number of rotatable bonds is 2. The molecule has 3 rings (SSSR count). The Morgan fingerprint density at radius 3 is 2.93 bits per heavy atom. The second-order valence-corrected chi connectivity index (χ2v) is 4.80. The van der Waals surface area contributed by atoms with E-state index in [2.05, 4.69) is 16.3 Å². The molecule has 2 aliphatic rings. The lowest BCUT2D eigenvalue weighted by molar-refractivity contribution is 0.413. The standard InChI is InChI=1S/C11H17N3/c12-6-9-5-11(14-13-9)10-4-7-1-2-8(10)3-7/h5,7-8,10H,1-4,6,12H2,(H,13,14). The Morgan fingerprint density at radius 2 is 2.36 bits per heavy atom. The summed E-state index contributed by atoms with van der Waals surface area (Å²) in [6.45, 7) is 0.577. The Kier molecular flexibility index (Phi) is 1.87. The SMILES string of the molecule is NCc1cc(C2CC3CCC2C3)n[nH]1. The van der Waals surface area contributed by atoms with Crippen molar-refractivity contribution in [2.75, 3.05) is 0 Å². The van der Waals surface area contributed by atoms with Gasteiger partial charge in [-0.15, -0.1) is 0 Å². The van der Waals surface area contributed by atoms with Crippen molar-refractivity contribution in [1.82, 2.24) is 10.2 Å². The first kappa shape index (κ1) is 8.48. The van der Waals surface area contributed by atoms with Crippen molar-refractivity contribution in [3.05, 3.63) is 17.5 Å². The van der Waals surface area contributed by atoms with E-state index in [0.29, 0.717) is 6.54 Å². The number of nitrogens with one attached hydrogen (secondary N) is 1. The van der Waals surface area contributed by atoms with Gasteiger partial charge < -0.3 is 5.73 Å². The molecule has 14 heavy (non-hydrogen) atoms. The summed E-state index contributed by atoms with van der Waals surface area (Å²) in [5, 5.41) is 7.40. The smallest absolute Gasteiger partial charge is 0.0659 e. The third-order valence-electron chi connectivity index (χ3n) is 3.99. The van der Waals surface area contributed by atoms with Crippen molar-refractivity contribution < 1.29 is 0 Å². The van der Waals surface area contributed by atoms with E-state index in [0.717, 1.165) is 23.4 Å². The van der Waals surface area contributed by atoms with Gasteiger partial charge in [-0.05, 0) is 37.2 Å². The van der Waals surface area contributed by atoms with E-state index in [1.54, 1.807) is 0 Å². The van der Waals surface area contributed by atoms with E-state index < -0.39 is 0 Å². The molecule has 2 bridgehead atoms. The second-order valence-electron chi connectivity index (χ2n) is 4.80. The molecule has 3 heteroatoms. The zero-order valence-corrected chi connectivity index (χ0v) is 8.37. The topological polar surface area (TPSA) is 54.7 Å². The van der Waals surface area contributed by atoms with Gasteiger partial charge in [0, 0.05) is 18.2 Å². The summed E-state index contributed by atoms with van der Waals surface area (Å²) in [6.07, 6.45) is 5.67. The van der Waals surface area contributed by atoms with Gasteiger partial charge in [0.25, 0.3) is 0 Å². The highest BCUT2D eigenvalue weighted by atomic mass is 15.1. The van der Waals surface area contributed by atoms with Gasteiger partial charge in [0.1, 0.15) is 0 Å². The highest BCUT2D eigenvalue weighted by Crippen LogP contribution is 2.52. The predicted molar refractivity (Wildman–Crippen MR) is 54.7 cm³/mol. The van der Waals surface area contributed by atoms with Gasteiger partial charge in [-0.25, -0.2) is 0 Å². The van der Waals surface area contributed by atoms with Crippen molar-refractivity contribution in [2.24, 2.45) is 17.6 Å². The van der Waals surface area contributed by atoms with E-state index in [1.807, 2.05) is 0 Å². The zero-order valence-electron chi connectivity index (χ0n) is 8.37. The van der Waals surface area contributed by atoms with Crippen LogP contribution in [0.15, 0.2) is 6.07 Å². The number of fused-ring (bicyclic) bond motifs is 2. The summed E-state index contributed by atoms with van der Waals surface area (Å²) in [5.41, 5.74) is 7.90. The molecular formula is C11H17N3. The van der Waals surface area contributed by atoms with Crippen LogP contribution in [-0.4, -0.2) is 10.2 Å². The average molecular weight is 191 g/mol. The number of hydrogen-bond acceptors (Lipinski definition) is 2. The fraction of sp³-hybridized carbons (Fsp3) is 0.727. The number of aromatic amines is 1. The summed E-state index contributed by atoms with van der Waals surface area (Å²) in [6, 6.07) is 2.16. The first-order chi connectivity index (χ1) is 6.86. The maximum atomic E-state index is 5.57. The van der Waals surface area contributed by atoms with Crippen LogP contribution in [0.1, 0.15) is 43.0 Å². The van der Waals surface area contributed by atoms with Gasteiger partial charge in [0.2, 0.25) is 0 Å². The molecule has 0 radical (unpaired) electrons. The Morgan fingerprint density at radius 1 is 1.43 bits per heavy atom. The van der Waals surface area contributed by atoms with Gasteiger partial charge in [-0.2, -0.15) is 5.10 Å². The molecule has 1 aromatic heterocycles. The molecule has 76 valence electrons. The molecule has 3 unspecified atom stereocenters. The molecule has 2 saturated carbocycles. The first-order valence-corrected chi connectivity index (χ1v) is 5.61. The van der Waals surface area contributed by atoms with Crippen LogP contribution in [0.4, 0.5) is 0 Å². The highest BCUT2D eigenvalue weighted by Gasteiger charge is 2.41. The van der Waals surface area contributed by atoms with Crippen LogP contribution in [0.25, 0.3) is 0 Å². The number of hydrogen-bond donors (Lipinski definition) is 2. The molecule has 0 aromatic carbocycles. The third kappa shape index (κ3) is 1.19. The van der Waals surface area contributed by atoms with Crippen molar-refractivity contribution in [2.45, 2.75) is 38.1 Å². The summed E-state index contributed by atoms with van der Waals surface area (Å²) >= 11 is 0. The predicted octanol–water partition coefficient (Wildman–Crippen LogP) is 1.77. The van der Waals surface area contributed by atoms with Crippen LogP contribution in [0.3, 0.4) is 0 Å². The quantitative estimate of drug-likeness (QED) is 0.748. The third-order valence-corrected chi connectivity index (χ3v) is 3.99. The van der Waals surface area contributed by atoms with E-state index in [-0.39, 0.29) is 0 Å². The molecule has 3 atom stereocenters. The van der Waals surface area contributed by atoms with Gasteiger partial charge in [0.05, 0.1) is 5.69 Å². The normalized spacial score (nSPS) is 35.4. The lowest BCUT2D eigenvalue weighted by Crippen LogP contribution is -2.08. The number of nitrogens with two attached hydrogens (primary N) is 1. The minimum absolute atomic E-state index is 0.577. The van der Waals surface area contributed by atoms with Gasteiger partial charge >= 0.3 is 0 Å². The van der Waals surface area contributed by atoms with Crippen molar-refractivity contribution in [1.29, 1.82) is 0 Å². The molecular weight excluding hydrogens is 174 g/mol. The van der Waals surface area contributed by atoms with E-state index >= 15 is 0 Å². The number of aromatic nitrogens is 2. The van der Waals surface area contributed by atoms with E-state index in [1.165, 1.54) is 31.4 Å². The first-order valence-electron chi connectivity index (χ1n) is 5.61. The van der Waals surface area contributed by atoms with Crippen LogP contribution in [0, 0.1) is 11.8 Å². The van der Waals surface area contributed by atoms with E-state index in [4.69, 9.17) is 5.73 Å². The molecule has 0 saturated heterocycles. The minimum Gasteiger partial charge on any atom is -0.325 e. The maximum absolute atomic E-state index is 5.57. The fourth-order valence-electron chi connectivity index (χ4n) is 3.28. The molecule has 3 nitrogen and oxygen atoms in total. The monoisotopic (exact) mass is 191 g/mol. The zero-order chi connectivity index (χ0) is 9.54. The maximum Gasteiger partial charge on any atom is 0.0659 e. The van der Waals surface area contributed by atoms with Crippen molar-refractivity contribution in [3.8, 4) is 0 Å². The fourth-order valence-corrected chi connectivity index (χ4v) is 3.28. The number of H-pyrrole nitrogens is 1. The van der Waals surface area contributed by atoms with Crippen LogP contribution < -0.4 is 5.73 Å². The van der Waals surface area contributed by atoms with Gasteiger partial charge in [0.15, 0.2) is 0 Å². The van der Waals surface area contributed by atoms with E-state index in [9.17, 15) is 0 Å². The molecule has 1 aromatic rings. The summed E-state index contributed by atoms with van der Waals surface area (Å²) < 4.78 is 0. The van der Waals surface area contributed by atoms with Crippen LogP contribution in [0.5, 0.6) is 0 Å². The minimum atomic E-state index is 0.577. The molecule has 0 amide bonds. The Balaban J connectivity index is 1.82. The van der Waals surface area contributed by atoms with Crippen LogP contribution in [0.2, 0.25) is 0 Å². The van der Waals surface area contributed by atoms with Crippen molar-refractivity contribution >= 4 is 0 Å². The molecule has 3 N–H and O–H groups in total. The largest absolute Gasteiger partial charge is 0.325 e. The number of nitrogens with zero attached hydrogens (tertiary/aromatic N) is 1. The Labute approximate surface area is 84.1 Å². The summed E-state index contributed by atoms with van der Waals surface area (Å²) in [7, 11) is 0. The summed E-state index contributed by atoms with van der Waals surface area (Å²) in [5.74, 6) is 2.63. The molecule has 0 aliphatic heterocycles. The second kappa shape index (κ2) is 3.09. The van der Waals surface area contributed by atoms with Crippen molar-refractivity contribution in [3.63, 3.8) is 0 Å². The molecule has 1 heterocycles.